The third kappa shape index (κ3) is 5.08. The molecule has 0 amide bonds. The van der Waals surface area contributed by atoms with Gasteiger partial charge in [-0.1, -0.05) is 17.7 Å². The predicted octanol–water partition coefficient (Wildman–Crippen LogP) is 1.74. The van der Waals surface area contributed by atoms with Gasteiger partial charge in [0.1, 0.15) is 18.2 Å². The molecule has 2 rings (SSSR count). The van der Waals surface area contributed by atoms with Crippen LogP contribution >= 0.6 is 11.6 Å². The highest BCUT2D eigenvalue weighted by Gasteiger charge is 2.12. The van der Waals surface area contributed by atoms with Gasteiger partial charge >= 0.3 is 5.97 Å². The van der Waals surface area contributed by atoms with E-state index in [9.17, 15) is 4.79 Å². The summed E-state index contributed by atoms with van der Waals surface area (Å²) in [4.78, 5) is 20.2. The molecule has 1 aromatic heterocycles. The number of ether oxygens (including phenoxy) is 1. The summed E-state index contributed by atoms with van der Waals surface area (Å²) >= 11 is 5.86. The van der Waals surface area contributed by atoms with Gasteiger partial charge in [-0.25, -0.2) is 20.6 Å². The van der Waals surface area contributed by atoms with E-state index in [-0.39, 0.29) is 13.2 Å². The number of carbonyl (C=O) groups is 1. The van der Waals surface area contributed by atoms with E-state index in [0.29, 0.717) is 39.2 Å². The van der Waals surface area contributed by atoms with Crippen LogP contribution in [0.2, 0.25) is 5.02 Å². The van der Waals surface area contributed by atoms with Gasteiger partial charge in [-0.2, -0.15) is 0 Å². The highest BCUT2D eigenvalue weighted by atomic mass is 35.5. The molecule has 0 aliphatic carbocycles. The predicted molar refractivity (Wildman–Crippen MR) is 99.5 cm³/mol. The molecule has 0 radical (unpaired) electrons. The number of carbonyl (C=O) groups excluding carboxylic acids is 1. The quantitative estimate of drug-likeness (QED) is 0.394. The van der Waals surface area contributed by atoms with Gasteiger partial charge in [-0.15, -0.1) is 0 Å². The van der Waals surface area contributed by atoms with Crippen molar-refractivity contribution in [3.63, 3.8) is 0 Å². The zero-order valence-corrected chi connectivity index (χ0v) is 15.3. The molecule has 138 valence electrons. The highest BCUT2D eigenvalue weighted by Crippen LogP contribution is 2.14. The van der Waals surface area contributed by atoms with Crippen molar-refractivity contribution in [3.8, 4) is 0 Å². The minimum absolute atomic E-state index is 0.106. The first-order chi connectivity index (χ1) is 12.3. The van der Waals surface area contributed by atoms with Gasteiger partial charge in [0.25, 0.3) is 0 Å². The lowest BCUT2D eigenvalue weighted by Crippen LogP contribution is -2.32. The monoisotopic (exact) mass is 376 g/mol. The van der Waals surface area contributed by atoms with Crippen LogP contribution in [0.4, 0.5) is 5.82 Å². The largest absolute Gasteiger partial charge is 0.456 e. The molecule has 9 heteroatoms. The summed E-state index contributed by atoms with van der Waals surface area (Å²) in [5.74, 6) is 6.43. The molecule has 8 nitrogen and oxygen atoms in total. The van der Waals surface area contributed by atoms with E-state index in [2.05, 4.69) is 9.97 Å². The van der Waals surface area contributed by atoms with Crippen LogP contribution in [0.1, 0.15) is 28.7 Å². The smallest absolute Gasteiger partial charge is 0.338 e. The Balaban J connectivity index is 2.00. The summed E-state index contributed by atoms with van der Waals surface area (Å²) in [6, 6.07) is 6.46. The zero-order valence-electron chi connectivity index (χ0n) is 14.6. The first-order valence-corrected chi connectivity index (χ1v) is 8.14. The van der Waals surface area contributed by atoms with Crippen LogP contribution in [0.3, 0.4) is 0 Å². The summed E-state index contributed by atoms with van der Waals surface area (Å²) < 4.78 is 5.19. The molecule has 1 aromatic carbocycles. The number of hydrogen-bond acceptors (Lipinski definition) is 8. The van der Waals surface area contributed by atoms with Crippen LogP contribution in [0, 0.1) is 6.92 Å². The number of esters is 1. The molecular weight excluding hydrogens is 356 g/mol. The Hall–Kier alpha value is -2.84. The van der Waals surface area contributed by atoms with Crippen molar-refractivity contribution >= 4 is 23.4 Å². The van der Waals surface area contributed by atoms with Gasteiger partial charge in [0.2, 0.25) is 0 Å². The van der Waals surface area contributed by atoms with E-state index in [1.807, 2.05) is 0 Å². The molecule has 0 spiro atoms. The molecule has 0 fully saturated rings. The third-order valence-corrected chi connectivity index (χ3v) is 3.91. The first kappa shape index (κ1) is 19.5. The minimum Gasteiger partial charge on any atom is -0.456 e. The first-order valence-electron chi connectivity index (χ1n) is 7.76. The van der Waals surface area contributed by atoms with Crippen LogP contribution in [0.5, 0.6) is 0 Å². The van der Waals surface area contributed by atoms with Crippen LogP contribution in [-0.2, 0) is 11.3 Å². The number of aryl methyl sites for hydroxylation is 1. The molecule has 0 saturated heterocycles. The summed E-state index contributed by atoms with van der Waals surface area (Å²) in [5, 5.41) is 1.85. The molecule has 0 bridgehead atoms. The SMILES string of the molecule is C/C(=C(/N)COC(=O)c1cccc(Cl)c1)N(N)Cc1cnc(C)nc1N. The Kier molecular flexibility index (Phi) is 6.37. The maximum atomic E-state index is 12.0. The number of nitrogens with zero attached hydrogens (tertiary/aromatic N) is 3. The number of hydrogen-bond donors (Lipinski definition) is 3. The fourth-order valence-corrected chi connectivity index (χ4v) is 2.26. The molecule has 2 aromatic rings. The summed E-state index contributed by atoms with van der Waals surface area (Å²) in [6.45, 7) is 3.62. The number of nitrogens with two attached hydrogens (primary N) is 3. The average molecular weight is 377 g/mol. The van der Waals surface area contributed by atoms with Crippen molar-refractivity contribution in [1.29, 1.82) is 0 Å². The standard InChI is InChI=1S/C17H21ClN6O2/c1-10(24(21)8-13-7-22-11(2)23-16(13)20)15(19)9-26-17(25)12-4-3-5-14(18)6-12/h3-7H,8-9,19,21H2,1-2H3,(H2,20,22,23)/b15-10-. The molecule has 26 heavy (non-hydrogen) atoms. The Morgan fingerprint density at radius 3 is 2.77 bits per heavy atom. The fourth-order valence-electron chi connectivity index (χ4n) is 2.07. The van der Waals surface area contributed by atoms with Gasteiger partial charge in [-0.05, 0) is 32.0 Å². The van der Waals surface area contributed by atoms with Gasteiger partial charge in [-0.3, -0.25) is 0 Å². The van der Waals surface area contributed by atoms with Gasteiger partial charge in [0, 0.05) is 22.5 Å². The second-order valence-electron chi connectivity index (χ2n) is 5.65. The molecule has 6 N–H and O–H groups in total. The number of allylic oxidation sites excluding steroid dienone is 1. The van der Waals surface area contributed by atoms with E-state index in [4.69, 9.17) is 33.6 Å². The second kappa shape index (κ2) is 8.50. The normalized spacial score (nSPS) is 11.7. The minimum atomic E-state index is -0.525. The number of anilines is 1. The summed E-state index contributed by atoms with van der Waals surface area (Å²) in [7, 11) is 0. The maximum absolute atomic E-state index is 12.0. The van der Waals surface area contributed by atoms with Gasteiger partial charge in [0.05, 0.1) is 17.8 Å². The number of hydrazine groups is 1. The molecular formula is C17H21ClN6O2. The Bertz CT molecular complexity index is 840. The summed E-state index contributed by atoms with van der Waals surface area (Å²) in [6.07, 6.45) is 1.61. The van der Waals surface area contributed by atoms with Crippen LogP contribution in [0.15, 0.2) is 41.9 Å². The lowest BCUT2D eigenvalue weighted by Gasteiger charge is -2.21. The van der Waals surface area contributed by atoms with E-state index >= 15 is 0 Å². The van der Waals surface area contributed by atoms with Crippen molar-refractivity contribution in [2.75, 3.05) is 12.3 Å². The molecule has 0 unspecified atom stereocenters. The molecule has 1 heterocycles. The number of rotatable bonds is 6. The van der Waals surface area contributed by atoms with Crippen molar-refractivity contribution in [1.82, 2.24) is 15.0 Å². The topological polar surface area (TPSA) is 133 Å². The Morgan fingerprint density at radius 2 is 2.12 bits per heavy atom. The molecule has 0 aliphatic rings. The Morgan fingerprint density at radius 1 is 1.38 bits per heavy atom. The fraction of sp³-hybridized carbons (Fsp3) is 0.235. The second-order valence-corrected chi connectivity index (χ2v) is 6.09. The number of aromatic nitrogens is 2. The van der Waals surface area contributed by atoms with E-state index in [1.165, 1.54) is 11.1 Å². The lowest BCUT2D eigenvalue weighted by molar-refractivity contribution is 0.0536. The van der Waals surface area contributed by atoms with Crippen LogP contribution in [-0.4, -0.2) is 27.6 Å². The van der Waals surface area contributed by atoms with Crippen LogP contribution < -0.4 is 17.3 Å². The van der Waals surface area contributed by atoms with Crippen LogP contribution in [0.25, 0.3) is 0 Å². The van der Waals surface area contributed by atoms with E-state index < -0.39 is 5.97 Å². The third-order valence-electron chi connectivity index (χ3n) is 3.67. The average Bonchev–Trinajstić information content (AvgIpc) is 2.61. The van der Waals surface area contributed by atoms with Crippen molar-refractivity contribution < 1.29 is 9.53 Å². The molecule has 0 aliphatic heterocycles. The van der Waals surface area contributed by atoms with E-state index in [0.717, 1.165) is 0 Å². The highest BCUT2D eigenvalue weighted by molar-refractivity contribution is 6.30. The molecule has 0 atom stereocenters. The number of halogens is 1. The Labute approximate surface area is 156 Å². The van der Waals surface area contributed by atoms with Crippen molar-refractivity contribution in [2.45, 2.75) is 20.4 Å². The van der Waals surface area contributed by atoms with Gasteiger partial charge < -0.3 is 21.2 Å². The van der Waals surface area contributed by atoms with Gasteiger partial charge in [0.15, 0.2) is 0 Å². The summed E-state index contributed by atoms with van der Waals surface area (Å²) in [5.41, 5.74) is 13.7. The number of benzene rings is 1. The molecule has 0 saturated carbocycles. The number of nitrogen functional groups attached to an aromatic ring is 1. The van der Waals surface area contributed by atoms with Crippen molar-refractivity contribution in [3.05, 3.63) is 63.8 Å². The maximum Gasteiger partial charge on any atom is 0.338 e. The zero-order chi connectivity index (χ0) is 19.3. The van der Waals surface area contributed by atoms with Crippen molar-refractivity contribution in [2.24, 2.45) is 11.6 Å². The van der Waals surface area contributed by atoms with E-state index in [1.54, 1.807) is 38.2 Å². The lowest BCUT2D eigenvalue weighted by atomic mass is 10.2.